The molecule has 2 aromatic heterocycles. The van der Waals surface area contributed by atoms with Crippen molar-refractivity contribution >= 4 is 27.0 Å². The highest BCUT2D eigenvalue weighted by Gasteiger charge is 2.19. The lowest BCUT2D eigenvalue weighted by atomic mass is 10.2. The van der Waals surface area contributed by atoms with Gasteiger partial charge in [-0.25, -0.2) is 17.7 Å². The molecule has 4 aromatic rings. The normalized spacial score (nSPS) is 11.7. The van der Waals surface area contributed by atoms with E-state index in [-0.39, 0.29) is 23.9 Å². The van der Waals surface area contributed by atoms with Gasteiger partial charge in [0.05, 0.1) is 28.5 Å². The number of carbonyl (C=O) groups excluding carboxylic acids is 1. The number of ether oxygens (including phenoxy) is 2. The largest absolute Gasteiger partial charge is 0.461 e. The van der Waals surface area contributed by atoms with E-state index in [9.17, 15) is 13.2 Å². The minimum Gasteiger partial charge on any atom is -0.461 e. The lowest BCUT2D eigenvalue weighted by molar-refractivity contribution is -0.144. The molecule has 0 bridgehead atoms. The van der Waals surface area contributed by atoms with Crippen molar-refractivity contribution < 1.29 is 22.7 Å². The van der Waals surface area contributed by atoms with Crippen LogP contribution in [0, 0.1) is 0 Å². The summed E-state index contributed by atoms with van der Waals surface area (Å²) in [7, 11) is 1.25. The molecule has 0 aliphatic heterocycles. The molecule has 35 heavy (non-hydrogen) atoms. The summed E-state index contributed by atoms with van der Waals surface area (Å²) in [5.74, 6) is 1.47. The molecule has 0 aliphatic carbocycles. The Morgan fingerprint density at radius 2 is 1.89 bits per heavy atom. The molecule has 0 fully saturated rings. The SMILES string of the molecule is CN(C)S(=O)(=O)c1ccc2c(c1)nc(CCC(=O)OCc1ccccc1Oc1cccnc1)n2C. The molecule has 0 saturated carbocycles. The Labute approximate surface area is 204 Å². The second-order valence-corrected chi connectivity index (χ2v) is 10.2. The summed E-state index contributed by atoms with van der Waals surface area (Å²) in [6, 6.07) is 15.7. The van der Waals surface area contributed by atoms with Crippen molar-refractivity contribution in [2.75, 3.05) is 14.1 Å². The zero-order valence-electron chi connectivity index (χ0n) is 19.7. The van der Waals surface area contributed by atoms with Gasteiger partial charge in [0.2, 0.25) is 10.0 Å². The van der Waals surface area contributed by atoms with Gasteiger partial charge in [0.15, 0.2) is 0 Å². The highest BCUT2D eigenvalue weighted by atomic mass is 32.2. The third-order valence-electron chi connectivity index (χ3n) is 5.50. The Hall–Kier alpha value is -3.76. The van der Waals surface area contributed by atoms with Crippen LogP contribution in [-0.4, -0.2) is 47.3 Å². The summed E-state index contributed by atoms with van der Waals surface area (Å²) in [5.41, 5.74) is 2.08. The predicted molar refractivity (Wildman–Crippen MR) is 130 cm³/mol. The average Bonchev–Trinajstić information content (AvgIpc) is 3.17. The van der Waals surface area contributed by atoms with Crippen molar-refractivity contribution in [3.8, 4) is 11.5 Å². The van der Waals surface area contributed by atoms with Crippen molar-refractivity contribution in [3.05, 3.63) is 78.4 Å². The summed E-state index contributed by atoms with van der Waals surface area (Å²) in [6.07, 6.45) is 3.76. The number of aromatic nitrogens is 3. The van der Waals surface area contributed by atoms with Crippen molar-refractivity contribution in [2.24, 2.45) is 7.05 Å². The first-order valence-corrected chi connectivity index (χ1v) is 12.4. The number of hydrogen-bond acceptors (Lipinski definition) is 7. The summed E-state index contributed by atoms with van der Waals surface area (Å²) in [6.45, 7) is 0.0730. The first-order chi connectivity index (χ1) is 16.8. The van der Waals surface area contributed by atoms with Gasteiger partial charge in [-0.3, -0.25) is 9.78 Å². The number of hydrogen-bond donors (Lipinski definition) is 0. The monoisotopic (exact) mass is 494 g/mol. The fourth-order valence-corrected chi connectivity index (χ4v) is 4.45. The summed E-state index contributed by atoms with van der Waals surface area (Å²) in [5, 5.41) is 0. The summed E-state index contributed by atoms with van der Waals surface area (Å²) < 4.78 is 39.2. The Morgan fingerprint density at radius 3 is 2.63 bits per heavy atom. The van der Waals surface area contributed by atoms with Crippen LogP contribution in [0.4, 0.5) is 0 Å². The molecule has 0 saturated heterocycles. The van der Waals surface area contributed by atoms with Crippen LogP contribution >= 0.6 is 0 Å². The molecule has 0 aliphatic rings. The van der Waals surface area contributed by atoms with Gasteiger partial charge in [0.25, 0.3) is 0 Å². The van der Waals surface area contributed by atoms with Crippen LogP contribution in [0.3, 0.4) is 0 Å². The van der Waals surface area contributed by atoms with Crippen LogP contribution in [0.2, 0.25) is 0 Å². The molecule has 182 valence electrons. The van der Waals surface area contributed by atoms with Gasteiger partial charge in [0, 0.05) is 39.3 Å². The fraction of sp³-hybridized carbons (Fsp3) is 0.240. The zero-order valence-corrected chi connectivity index (χ0v) is 20.5. The number of aryl methyl sites for hydroxylation is 2. The van der Waals surface area contributed by atoms with E-state index in [1.807, 2.05) is 29.8 Å². The third kappa shape index (κ3) is 5.50. The van der Waals surface area contributed by atoms with Crippen LogP contribution < -0.4 is 4.74 Å². The number of carbonyl (C=O) groups is 1. The Bertz CT molecular complexity index is 1450. The number of para-hydroxylation sites is 1. The molecule has 0 spiro atoms. The van der Waals surface area contributed by atoms with Gasteiger partial charge in [0.1, 0.15) is 23.9 Å². The second-order valence-electron chi connectivity index (χ2n) is 8.08. The quantitative estimate of drug-likeness (QED) is 0.327. The first kappa shape index (κ1) is 24.4. The summed E-state index contributed by atoms with van der Waals surface area (Å²) in [4.78, 5) is 21.2. The first-order valence-electron chi connectivity index (χ1n) is 10.9. The van der Waals surface area contributed by atoms with Crippen molar-refractivity contribution in [3.63, 3.8) is 0 Å². The van der Waals surface area contributed by atoms with E-state index < -0.39 is 10.0 Å². The number of pyridine rings is 1. The molecule has 10 heteroatoms. The van der Waals surface area contributed by atoms with E-state index in [0.29, 0.717) is 29.3 Å². The minimum atomic E-state index is -3.56. The number of sulfonamides is 1. The number of benzene rings is 2. The van der Waals surface area contributed by atoms with Gasteiger partial charge in [-0.1, -0.05) is 18.2 Å². The molecule has 4 rings (SSSR count). The molecule has 9 nitrogen and oxygen atoms in total. The van der Waals surface area contributed by atoms with Crippen LogP contribution in [0.25, 0.3) is 11.0 Å². The van der Waals surface area contributed by atoms with Gasteiger partial charge in [-0.2, -0.15) is 0 Å². The van der Waals surface area contributed by atoms with Crippen LogP contribution in [0.15, 0.2) is 71.9 Å². The second kappa shape index (κ2) is 10.2. The van der Waals surface area contributed by atoms with Crippen LogP contribution in [-0.2, 0) is 39.6 Å². The molecule has 0 N–H and O–H groups in total. The topological polar surface area (TPSA) is 104 Å². The predicted octanol–water partition coefficient (Wildman–Crippen LogP) is 3.69. The maximum Gasteiger partial charge on any atom is 0.306 e. The van der Waals surface area contributed by atoms with E-state index in [1.165, 1.54) is 14.1 Å². The Balaban J connectivity index is 1.40. The number of rotatable bonds is 9. The van der Waals surface area contributed by atoms with Crippen molar-refractivity contribution in [1.29, 1.82) is 0 Å². The molecule has 0 unspecified atom stereocenters. The molecule has 2 aromatic carbocycles. The van der Waals surface area contributed by atoms with Crippen molar-refractivity contribution in [2.45, 2.75) is 24.3 Å². The van der Waals surface area contributed by atoms with E-state index in [1.54, 1.807) is 48.8 Å². The number of fused-ring (bicyclic) bond motifs is 1. The zero-order chi connectivity index (χ0) is 25.0. The standard InChI is InChI=1S/C25H26N4O5S/c1-28(2)35(31,32)20-10-11-22-21(15-20)27-24(29(22)3)12-13-25(30)33-17-18-7-4-5-9-23(18)34-19-8-6-14-26-16-19/h4-11,14-16H,12-13,17H2,1-3H3. The highest BCUT2D eigenvalue weighted by molar-refractivity contribution is 7.89. The Morgan fingerprint density at radius 1 is 1.09 bits per heavy atom. The molecular formula is C25H26N4O5S. The molecule has 0 amide bonds. The lowest BCUT2D eigenvalue weighted by Crippen LogP contribution is -2.22. The lowest BCUT2D eigenvalue weighted by Gasteiger charge is -2.11. The molecule has 0 radical (unpaired) electrons. The van der Waals surface area contributed by atoms with Gasteiger partial charge in [-0.05, 0) is 36.4 Å². The van der Waals surface area contributed by atoms with Crippen LogP contribution in [0.5, 0.6) is 11.5 Å². The van der Waals surface area contributed by atoms with Crippen molar-refractivity contribution in [1.82, 2.24) is 18.8 Å². The van der Waals surface area contributed by atoms with E-state index >= 15 is 0 Å². The third-order valence-corrected chi connectivity index (χ3v) is 7.31. The van der Waals surface area contributed by atoms with Gasteiger partial charge in [-0.15, -0.1) is 0 Å². The maximum atomic E-state index is 12.5. The van der Waals surface area contributed by atoms with E-state index in [0.717, 1.165) is 15.4 Å². The highest BCUT2D eigenvalue weighted by Crippen LogP contribution is 2.25. The fourth-order valence-electron chi connectivity index (χ4n) is 3.53. The molecule has 0 atom stereocenters. The van der Waals surface area contributed by atoms with E-state index in [2.05, 4.69) is 9.97 Å². The molecule has 2 heterocycles. The smallest absolute Gasteiger partial charge is 0.306 e. The number of esters is 1. The molecular weight excluding hydrogens is 468 g/mol. The summed E-state index contributed by atoms with van der Waals surface area (Å²) >= 11 is 0. The van der Waals surface area contributed by atoms with E-state index in [4.69, 9.17) is 9.47 Å². The number of nitrogens with zero attached hydrogens (tertiary/aromatic N) is 4. The minimum absolute atomic E-state index is 0.0730. The number of imidazole rings is 1. The van der Waals surface area contributed by atoms with Gasteiger partial charge < -0.3 is 14.0 Å². The Kier molecular flexibility index (Phi) is 7.13. The van der Waals surface area contributed by atoms with Gasteiger partial charge >= 0.3 is 5.97 Å². The average molecular weight is 495 g/mol. The van der Waals surface area contributed by atoms with Crippen LogP contribution in [0.1, 0.15) is 17.8 Å². The maximum absolute atomic E-state index is 12.5.